The van der Waals surface area contributed by atoms with E-state index < -0.39 is 111 Å². The molecule has 2 fully saturated rings. The molecule has 0 bridgehead atoms. The number of aliphatic hydroxyl groups is 13. The fourth-order valence-electron chi connectivity index (χ4n) is 5.63. The standard InChI is InChI=1S/C26H28FN3O20/c1-28-18(33)19(34,9-4-10-31)29-17(32)11-5-2-8-14(15(11)20(29,35)36)47-22(38,39)13-7-3-6-12(16(13)27)21(37)30-23(40,41)25(43,44)48-26(45,46)24(30,42)50-49-21/h2-3,5-8,10,34-46H,4,9H2,1H3,(H,28,33). The van der Waals surface area contributed by atoms with Crippen LogP contribution in [0.2, 0.25) is 0 Å². The second-order valence-electron chi connectivity index (χ2n) is 11.1. The predicted molar refractivity (Wildman–Crippen MR) is 142 cm³/mol. The van der Waals surface area contributed by atoms with Crippen LogP contribution in [0.4, 0.5) is 4.39 Å². The highest BCUT2D eigenvalue weighted by molar-refractivity contribution is 6.03. The molecule has 3 unspecified atom stereocenters. The van der Waals surface area contributed by atoms with E-state index in [2.05, 4.69) is 14.5 Å². The molecule has 24 heteroatoms. The number of carbonyl (C=O) groups excluding carboxylic acids is 3. The average molecular weight is 722 g/mol. The van der Waals surface area contributed by atoms with Gasteiger partial charge >= 0.3 is 29.7 Å². The molecule has 0 saturated carbocycles. The van der Waals surface area contributed by atoms with Crippen molar-refractivity contribution in [2.24, 2.45) is 0 Å². The average Bonchev–Trinajstić information content (AvgIpc) is 3.42. The van der Waals surface area contributed by atoms with E-state index in [-0.39, 0.29) is 11.2 Å². The number of benzene rings is 2. The number of aldehydes is 1. The third-order valence-electron chi connectivity index (χ3n) is 7.97. The number of fused-ring (bicyclic) bond motifs is 2. The van der Waals surface area contributed by atoms with Crippen LogP contribution in [0.1, 0.15) is 39.9 Å². The molecular formula is C26H28FN3O20. The molecule has 0 radical (unpaired) electrons. The first kappa shape index (κ1) is 37.4. The van der Waals surface area contributed by atoms with Crippen LogP contribution in [0.25, 0.3) is 0 Å². The molecular weight excluding hydrogens is 693 g/mol. The van der Waals surface area contributed by atoms with Gasteiger partial charge in [-0.1, -0.05) is 12.1 Å². The normalized spacial score (nSPS) is 27.7. The van der Waals surface area contributed by atoms with E-state index in [9.17, 15) is 80.8 Å². The molecule has 23 nitrogen and oxygen atoms in total. The number of amides is 2. The molecule has 0 aliphatic carbocycles. The molecule has 5 rings (SSSR count). The summed E-state index contributed by atoms with van der Waals surface area (Å²) in [6.45, 7) is 0. The van der Waals surface area contributed by atoms with Crippen LogP contribution in [0.5, 0.6) is 5.75 Å². The maximum absolute atomic E-state index is 16.1. The van der Waals surface area contributed by atoms with Crippen LogP contribution >= 0.6 is 0 Å². The predicted octanol–water partition coefficient (Wildman–Crippen LogP) is -7.08. The van der Waals surface area contributed by atoms with Crippen LogP contribution < -0.4 is 10.1 Å². The number of nitrogens with one attached hydrogen (secondary N) is 1. The van der Waals surface area contributed by atoms with Gasteiger partial charge < -0.3 is 81.2 Å². The van der Waals surface area contributed by atoms with Gasteiger partial charge in [-0.3, -0.25) is 14.3 Å². The van der Waals surface area contributed by atoms with Crippen molar-refractivity contribution >= 4 is 18.1 Å². The smallest absolute Gasteiger partial charge is 0.359 e. The van der Waals surface area contributed by atoms with Gasteiger partial charge in [-0.2, -0.15) is 9.78 Å². The molecule has 0 aromatic heterocycles. The van der Waals surface area contributed by atoms with Gasteiger partial charge in [0.1, 0.15) is 17.9 Å². The van der Waals surface area contributed by atoms with Gasteiger partial charge in [0, 0.05) is 19.9 Å². The zero-order valence-corrected chi connectivity index (χ0v) is 24.9. The summed E-state index contributed by atoms with van der Waals surface area (Å²) >= 11 is 0. The summed E-state index contributed by atoms with van der Waals surface area (Å²) in [4.78, 5) is 44.4. The van der Waals surface area contributed by atoms with Gasteiger partial charge in [-0.05, 0) is 24.3 Å². The fraction of sp³-hybridized carbons (Fsp3) is 0.423. The molecule has 2 saturated heterocycles. The molecule has 274 valence electrons. The fourth-order valence-corrected chi connectivity index (χ4v) is 5.63. The minimum Gasteiger partial charge on any atom is -0.435 e. The van der Waals surface area contributed by atoms with Crippen LogP contribution in [0.15, 0.2) is 36.4 Å². The number of ether oxygens (including phenoxy) is 2. The molecule has 50 heavy (non-hydrogen) atoms. The van der Waals surface area contributed by atoms with E-state index in [4.69, 9.17) is 4.74 Å². The lowest BCUT2D eigenvalue weighted by Gasteiger charge is -2.54. The Morgan fingerprint density at radius 1 is 0.960 bits per heavy atom. The van der Waals surface area contributed by atoms with E-state index in [1.165, 1.54) is 0 Å². The summed E-state index contributed by atoms with van der Waals surface area (Å²) in [5.41, 5.74) is -7.92. The molecule has 3 heterocycles. The maximum atomic E-state index is 16.1. The number of morpholine rings is 1. The highest BCUT2D eigenvalue weighted by Gasteiger charge is 2.84. The molecule has 3 aliphatic heterocycles. The Bertz CT molecular complexity index is 1750. The molecule has 14 N–H and O–H groups in total. The van der Waals surface area contributed by atoms with Crippen molar-refractivity contribution in [2.45, 2.75) is 60.1 Å². The zero-order valence-electron chi connectivity index (χ0n) is 24.9. The van der Waals surface area contributed by atoms with E-state index >= 15 is 4.39 Å². The lowest BCUT2D eigenvalue weighted by atomic mass is 10.0. The van der Waals surface area contributed by atoms with Crippen molar-refractivity contribution < 1.29 is 104 Å². The highest BCUT2D eigenvalue weighted by Crippen LogP contribution is 2.55. The van der Waals surface area contributed by atoms with Crippen molar-refractivity contribution in [1.29, 1.82) is 0 Å². The third kappa shape index (κ3) is 4.92. The molecule has 0 spiro atoms. The Morgan fingerprint density at radius 3 is 2.18 bits per heavy atom. The number of carbonyl (C=O) groups is 3. The first-order chi connectivity index (χ1) is 22.8. The molecule has 2 amide bonds. The molecule has 2 aromatic rings. The molecule has 2 aromatic carbocycles. The molecule has 3 atom stereocenters. The zero-order chi connectivity index (χ0) is 37.7. The minimum atomic E-state index is -4.59. The second kappa shape index (κ2) is 11.3. The Hall–Kier alpha value is -3.90. The van der Waals surface area contributed by atoms with Gasteiger partial charge in [0.15, 0.2) is 0 Å². The van der Waals surface area contributed by atoms with E-state index in [0.717, 1.165) is 25.2 Å². The van der Waals surface area contributed by atoms with Gasteiger partial charge in [0.2, 0.25) is 5.72 Å². The van der Waals surface area contributed by atoms with Crippen LogP contribution in [-0.2, 0) is 41.9 Å². The monoisotopic (exact) mass is 721 g/mol. The van der Waals surface area contributed by atoms with E-state index in [0.29, 0.717) is 18.2 Å². The summed E-state index contributed by atoms with van der Waals surface area (Å²) in [6.07, 6.45) is -1.20. The van der Waals surface area contributed by atoms with E-state index in [1.807, 2.05) is 5.32 Å². The van der Waals surface area contributed by atoms with Crippen LogP contribution in [0.3, 0.4) is 0 Å². The Kier molecular flexibility index (Phi) is 8.44. The van der Waals surface area contributed by atoms with E-state index in [1.54, 1.807) is 0 Å². The maximum Gasteiger partial charge on any atom is 0.359 e. The lowest BCUT2D eigenvalue weighted by Crippen LogP contribution is -2.85. The van der Waals surface area contributed by atoms with Crippen molar-refractivity contribution in [3.63, 3.8) is 0 Å². The van der Waals surface area contributed by atoms with Gasteiger partial charge in [0.25, 0.3) is 23.6 Å². The summed E-state index contributed by atoms with van der Waals surface area (Å²) in [5.74, 6) is -35.6. The number of likely N-dealkylation sites (N-methyl/N-ethyl adjacent to an activating group) is 1. The van der Waals surface area contributed by atoms with Crippen molar-refractivity contribution in [1.82, 2.24) is 15.1 Å². The molecule has 3 aliphatic rings. The summed E-state index contributed by atoms with van der Waals surface area (Å²) in [5, 5.41) is 140. The second-order valence-corrected chi connectivity index (χ2v) is 11.1. The van der Waals surface area contributed by atoms with Crippen molar-refractivity contribution in [2.75, 3.05) is 7.05 Å². The summed E-state index contributed by atoms with van der Waals surface area (Å²) < 4.78 is 25.0. The van der Waals surface area contributed by atoms with Gasteiger partial charge in [-0.25, -0.2) is 9.29 Å². The topological polar surface area (TPSA) is 370 Å². The van der Waals surface area contributed by atoms with Crippen molar-refractivity contribution in [3.8, 4) is 5.75 Å². The quantitative estimate of drug-likeness (QED) is 0.0649. The van der Waals surface area contributed by atoms with Crippen molar-refractivity contribution in [3.05, 3.63) is 64.5 Å². The van der Waals surface area contributed by atoms with Gasteiger partial charge in [0.05, 0.1) is 22.3 Å². The van der Waals surface area contributed by atoms with Crippen LogP contribution in [0, 0.1) is 5.82 Å². The number of halogens is 1. The summed E-state index contributed by atoms with van der Waals surface area (Å²) in [7, 11) is 1.01. The number of nitrogens with zero attached hydrogens (tertiary/aromatic N) is 2. The van der Waals surface area contributed by atoms with Crippen LogP contribution in [-0.4, -0.2) is 131 Å². The Balaban J connectivity index is 1.58. The number of hydrogen-bond acceptors (Lipinski definition) is 21. The highest BCUT2D eigenvalue weighted by atomic mass is 19.1. The first-order valence-electron chi connectivity index (χ1n) is 13.7. The largest absolute Gasteiger partial charge is 0.435 e. The Morgan fingerprint density at radius 2 is 1.58 bits per heavy atom. The number of rotatable bonds is 9. The number of hydrogen-bond donors (Lipinski definition) is 14. The minimum absolute atomic E-state index is 0.144. The Labute approximate surface area is 275 Å². The lowest BCUT2D eigenvalue weighted by molar-refractivity contribution is -0.660. The first-order valence-corrected chi connectivity index (χ1v) is 13.7. The summed E-state index contributed by atoms with van der Waals surface area (Å²) in [6, 6.07) is 4.32. The third-order valence-corrected chi connectivity index (χ3v) is 7.97. The SMILES string of the molecule is CNC(=O)C(O)(CCC=O)N1C(=O)c2cccc(OC(O)(O)c3cccc(C4(O)OOC5(O)N4C(O)(O)C(O)(O)OC5(O)O)c3F)c2C1(O)O. The van der Waals surface area contributed by atoms with Gasteiger partial charge in [-0.15, -0.1) is 4.90 Å².